The largest absolute Gasteiger partial charge is 0.538 e. The summed E-state index contributed by atoms with van der Waals surface area (Å²) in [5.74, 6) is 1.96. The lowest BCUT2D eigenvalue weighted by Crippen LogP contribution is -2.36. The van der Waals surface area contributed by atoms with Crippen LogP contribution in [0, 0.1) is 29.1 Å². The van der Waals surface area contributed by atoms with Crippen molar-refractivity contribution in [3.63, 3.8) is 0 Å². The molecule has 0 aliphatic heterocycles. The van der Waals surface area contributed by atoms with Crippen LogP contribution in [0.4, 0.5) is 0 Å². The van der Waals surface area contributed by atoms with Crippen molar-refractivity contribution in [2.75, 3.05) is 0 Å². The van der Waals surface area contributed by atoms with Crippen LogP contribution in [0.15, 0.2) is 0 Å². The zero-order valence-electron chi connectivity index (χ0n) is 19.3. The van der Waals surface area contributed by atoms with Gasteiger partial charge in [-0.1, -0.05) is 40.5 Å². The highest BCUT2D eigenvalue weighted by Crippen LogP contribution is 2.50. The van der Waals surface area contributed by atoms with Gasteiger partial charge in [-0.05, 0) is 81.4 Å². The zero-order chi connectivity index (χ0) is 21.2. The fourth-order valence-corrected chi connectivity index (χ4v) is 5.89. The van der Waals surface area contributed by atoms with Gasteiger partial charge in [0.15, 0.2) is 6.29 Å². The van der Waals surface area contributed by atoms with Crippen LogP contribution in [0.3, 0.4) is 0 Å². The van der Waals surface area contributed by atoms with Crippen LogP contribution >= 0.6 is 0 Å². The summed E-state index contributed by atoms with van der Waals surface area (Å²) in [7, 11) is 1.85. The maximum atomic E-state index is 12.7. The summed E-state index contributed by atoms with van der Waals surface area (Å²) in [5, 5.41) is 10.3. The Morgan fingerprint density at radius 2 is 1.79 bits per heavy atom. The molecule has 29 heavy (non-hydrogen) atoms. The Bertz CT molecular complexity index is 553. The first-order chi connectivity index (χ1) is 13.6. The fraction of sp³-hybridized carbons (Fsp3) is 0.958. The molecule has 3 aliphatic rings. The van der Waals surface area contributed by atoms with E-state index in [1.165, 1.54) is 6.42 Å². The van der Waals surface area contributed by atoms with E-state index in [-0.39, 0.29) is 17.5 Å². The van der Waals surface area contributed by atoms with Crippen molar-refractivity contribution in [1.82, 2.24) is 0 Å². The minimum Gasteiger partial charge on any atom is -0.538 e. The summed E-state index contributed by atoms with van der Waals surface area (Å²) in [5.41, 5.74) is 0.0726. The van der Waals surface area contributed by atoms with Crippen LogP contribution in [0.25, 0.3) is 0 Å². The molecule has 5 unspecified atom stereocenters. The highest BCUT2D eigenvalue weighted by atomic mass is 16.6. The number of aliphatic hydroxyl groups is 1. The Kier molecular flexibility index (Phi) is 7.42. The van der Waals surface area contributed by atoms with Crippen LogP contribution in [0.1, 0.15) is 98.8 Å². The summed E-state index contributed by atoms with van der Waals surface area (Å²) in [6.07, 6.45) is 9.27. The molecule has 0 saturated heterocycles. The van der Waals surface area contributed by atoms with Gasteiger partial charge in [0.05, 0.1) is 11.5 Å². The van der Waals surface area contributed by atoms with Gasteiger partial charge in [0.2, 0.25) is 0 Å². The van der Waals surface area contributed by atoms with E-state index in [4.69, 9.17) is 9.39 Å². The summed E-state index contributed by atoms with van der Waals surface area (Å²) < 4.78 is 11.8. The van der Waals surface area contributed by atoms with Gasteiger partial charge < -0.3 is 14.5 Å². The maximum absolute atomic E-state index is 12.7. The number of ether oxygens (including phenoxy) is 1. The third kappa shape index (κ3) is 6.00. The topological polar surface area (TPSA) is 55.8 Å². The Morgan fingerprint density at radius 3 is 2.31 bits per heavy atom. The molecule has 5 atom stereocenters. The lowest BCUT2D eigenvalue weighted by Gasteiger charge is -2.35. The van der Waals surface area contributed by atoms with Crippen LogP contribution in [-0.4, -0.2) is 30.4 Å². The van der Waals surface area contributed by atoms with Gasteiger partial charge in [0.1, 0.15) is 0 Å². The number of carbonyl (C=O) groups is 1. The molecule has 3 fully saturated rings. The van der Waals surface area contributed by atoms with Gasteiger partial charge in [0.25, 0.3) is 5.97 Å². The summed E-state index contributed by atoms with van der Waals surface area (Å²) in [6.45, 7) is 11.2. The molecule has 3 aliphatic carbocycles. The van der Waals surface area contributed by atoms with Crippen molar-refractivity contribution < 1.29 is 19.3 Å². The predicted octanol–water partition coefficient (Wildman–Crippen LogP) is 5.50. The normalized spacial score (nSPS) is 40.6. The van der Waals surface area contributed by atoms with Gasteiger partial charge >= 0.3 is 7.48 Å². The quantitative estimate of drug-likeness (QED) is 0.449. The zero-order valence-corrected chi connectivity index (χ0v) is 19.3. The molecule has 5 heteroatoms. The van der Waals surface area contributed by atoms with Crippen molar-refractivity contribution in [1.29, 1.82) is 0 Å². The summed E-state index contributed by atoms with van der Waals surface area (Å²) >= 11 is 0. The first-order valence-corrected chi connectivity index (χ1v) is 12.0. The van der Waals surface area contributed by atoms with Crippen LogP contribution < -0.4 is 0 Å². The number of rotatable bonds is 7. The molecule has 0 bridgehead atoms. The van der Waals surface area contributed by atoms with Crippen molar-refractivity contribution in [3.8, 4) is 0 Å². The second-order valence-corrected chi connectivity index (χ2v) is 11.2. The van der Waals surface area contributed by atoms with Crippen molar-refractivity contribution in [3.05, 3.63) is 0 Å². The molecule has 0 spiro atoms. The molecular weight excluding hydrogens is 363 g/mol. The average molecular weight is 405 g/mol. The van der Waals surface area contributed by atoms with Crippen LogP contribution in [0.2, 0.25) is 5.82 Å². The van der Waals surface area contributed by atoms with Crippen molar-refractivity contribution in [2.24, 2.45) is 29.1 Å². The van der Waals surface area contributed by atoms with Crippen LogP contribution in [0.5, 0.6) is 0 Å². The third-order valence-corrected chi connectivity index (χ3v) is 8.14. The number of hydrogen-bond acceptors (Lipinski definition) is 4. The van der Waals surface area contributed by atoms with Crippen molar-refractivity contribution >= 4 is 13.5 Å². The molecule has 1 radical (unpaired) electrons. The first-order valence-electron chi connectivity index (χ1n) is 12.0. The van der Waals surface area contributed by atoms with Crippen LogP contribution in [-0.2, 0) is 14.2 Å². The van der Waals surface area contributed by atoms with Gasteiger partial charge in [-0.15, -0.1) is 0 Å². The first kappa shape index (κ1) is 23.1. The molecule has 0 aromatic carbocycles. The third-order valence-electron chi connectivity index (χ3n) is 8.14. The standard InChI is InChI=1S/C24H42BO4/c1-6-18-14-19(15-23(18,3)4)25-29-21(26)17-9-7-11-24(5,12-8-10-17)28-22(27)20-13-16(20)2/h16-20,22,27H,6-15H2,1-5H3. The Hall–Kier alpha value is -0.545. The lowest BCUT2D eigenvalue weighted by atomic mass is 9.76. The molecule has 0 aromatic rings. The van der Waals surface area contributed by atoms with E-state index in [0.717, 1.165) is 63.7 Å². The molecule has 3 rings (SSSR count). The fourth-order valence-electron chi connectivity index (χ4n) is 5.89. The molecule has 3 saturated carbocycles. The average Bonchev–Trinajstić information content (AvgIpc) is 3.28. The second-order valence-electron chi connectivity index (χ2n) is 11.2. The Balaban J connectivity index is 1.41. The van der Waals surface area contributed by atoms with Crippen molar-refractivity contribution in [2.45, 2.75) is 117 Å². The smallest absolute Gasteiger partial charge is 0.377 e. The van der Waals surface area contributed by atoms with E-state index in [2.05, 4.69) is 34.6 Å². The SMILES string of the molecule is CCC1CC([B]OC(=O)C2CCCC(C)(OC(O)C3CC3C)CCC2)CC1(C)C. The molecular formula is C24H42BO4. The Morgan fingerprint density at radius 1 is 1.17 bits per heavy atom. The molecule has 4 nitrogen and oxygen atoms in total. The highest BCUT2D eigenvalue weighted by molar-refractivity contribution is 6.32. The van der Waals surface area contributed by atoms with E-state index in [0.29, 0.717) is 23.1 Å². The van der Waals surface area contributed by atoms with E-state index >= 15 is 0 Å². The van der Waals surface area contributed by atoms with Gasteiger partial charge in [0, 0.05) is 5.92 Å². The minimum atomic E-state index is -0.632. The number of hydrogen-bond donors (Lipinski definition) is 1. The monoisotopic (exact) mass is 405 g/mol. The molecule has 0 heterocycles. The Labute approximate surface area is 178 Å². The van der Waals surface area contributed by atoms with E-state index in [1.54, 1.807) is 0 Å². The highest BCUT2D eigenvalue weighted by Gasteiger charge is 2.43. The summed E-state index contributed by atoms with van der Waals surface area (Å²) in [4.78, 5) is 12.7. The second kappa shape index (κ2) is 9.30. The van der Waals surface area contributed by atoms with Gasteiger partial charge in [-0.3, -0.25) is 4.79 Å². The van der Waals surface area contributed by atoms with Gasteiger partial charge in [-0.25, -0.2) is 0 Å². The molecule has 0 amide bonds. The van der Waals surface area contributed by atoms with E-state index in [9.17, 15) is 9.90 Å². The molecule has 165 valence electrons. The number of aliphatic hydroxyl groups excluding tert-OH is 1. The maximum Gasteiger partial charge on any atom is 0.377 e. The number of carbonyl (C=O) groups excluding carboxylic acids is 1. The molecule has 0 aromatic heterocycles. The minimum absolute atomic E-state index is 0.000521. The predicted molar refractivity (Wildman–Crippen MR) is 116 cm³/mol. The lowest BCUT2D eigenvalue weighted by molar-refractivity contribution is -0.198. The summed E-state index contributed by atoms with van der Waals surface area (Å²) in [6, 6.07) is 0. The van der Waals surface area contributed by atoms with E-state index in [1.807, 2.05) is 7.48 Å². The van der Waals surface area contributed by atoms with E-state index < -0.39 is 6.29 Å². The molecule has 1 N–H and O–H groups in total. The van der Waals surface area contributed by atoms with Gasteiger partial charge in [-0.2, -0.15) is 0 Å².